The Kier molecular flexibility index (Phi) is 4.71. The van der Waals surface area contributed by atoms with Crippen molar-refractivity contribution in [1.29, 1.82) is 0 Å². The second kappa shape index (κ2) is 6.92. The lowest BCUT2D eigenvalue weighted by molar-refractivity contribution is -0.139. The maximum absolute atomic E-state index is 12.8. The van der Waals surface area contributed by atoms with Gasteiger partial charge in [0.25, 0.3) is 5.56 Å². The number of ether oxygens (including phenoxy) is 1. The van der Waals surface area contributed by atoms with Crippen molar-refractivity contribution in [1.82, 2.24) is 14.5 Å². The van der Waals surface area contributed by atoms with E-state index in [0.717, 1.165) is 10.9 Å². The zero-order valence-corrected chi connectivity index (χ0v) is 14.1. The molecule has 1 aromatic carbocycles. The Morgan fingerprint density at radius 1 is 1.46 bits per heavy atom. The third kappa shape index (κ3) is 2.94. The van der Waals surface area contributed by atoms with Crippen LogP contribution in [0.2, 0.25) is 0 Å². The maximum atomic E-state index is 12.8. The van der Waals surface area contributed by atoms with Gasteiger partial charge in [-0.15, -0.1) is 6.58 Å². The largest absolute Gasteiger partial charge is 0.465 e. The third-order valence-corrected chi connectivity index (χ3v) is 4.46. The second-order valence-electron chi connectivity index (χ2n) is 5.09. The number of nitrogens with zero attached hydrogens (tertiary/aromatic N) is 2. The van der Waals surface area contributed by atoms with Gasteiger partial charge in [-0.05, 0) is 13.0 Å². The summed E-state index contributed by atoms with van der Waals surface area (Å²) in [7, 11) is 0. The number of carbonyl (C=O) groups is 1. The molecule has 0 unspecified atom stereocenters. The number of H-pyrrole nitrogens is 1. The van der Waals surface area contributed by atoms with Crippen LogP contribution in [0.15, 0.2) is 46.9 Å². The minimum absolute atomic E-state index is 0.102. The second-order valence-corrected chi connectivity index (χ2v) is 6.03. The number of esters is 1. The van der Waals surface area contributed by atoms with Crippen molar-refractivity contribution in [2.75, 3.05) is 12.4 Å². The standard InChI is InChI=1S/C17H17N3O3S/c1-3-9-20-16(22)15-14(11-7-5-6-8-12(11)18-15)19-17(20)24-10-13(21)23-4-2/h3,5-8,18H,1,4,9-10H2,2H3. The van der Waals surface area contributed by atoms with Gasteiger partial charge < -0.3 is 9.72 Å². The molecule has 3 aromatic rings. The highest BCUT2D eigenvalue weighted by Gasteiger charge is 2.16. The van der Waals surface area contributed by atoms with Crippen molar-refractivity contribution in [3.8, 4) is 0 Å². The summed E-state index contributed by atoms with van der Waals surface area (Å²) in [5.41, 5.74) is 1.75. The van der Waals surface area contributed by atoms with Gasteiger partial charge in [-0.2, -0.15) is 0 Å². The SMILES string of the molecule is C=CCn1c(SCC(=O)OCC)nc2c([nH]c3ccccc32)c1=O. The predicted molar refractivity (Wildman–Crippen MR) is 95.4 cm³/mol. The van der Waals surface area contributed by atoms with Crippen LogP contribution in [-0.2, 0) is 16.1 Å². The lowest BCUT2D eigenvalue weighted by Crippen LogP contribution is -2.23. The molecule has 0 saturated carbocycles. The molecule has 3 rings (SSSR count). The number of rotatable bonds is 6. The molecule has 0 atom stereocenters. The van der Waals surface area contributed by atoms with Gasteiger partial charge in [0.1, 0.15) is 11.0 Å². The van der Waals surface area contributed by atoms with E-state index in [-0.39, 0.29) is 17.3 Å². The highest BCUT2D eigenvalue weighted by atomic mass is 32.2. The van der Waals surface area contributed by atoms with Crippen molar-refractivity contribution >= 4 is 39.7 Å². The van der Waals surface area contributed by atoms with Gasteiger partial charge >= 0.3 is 5.97 Å². The number of aromatic amines is 1. The lowest BCUT2D eigenvalue weighted by Gasteiger charge is -2.09. The first-order valence-corrected chi connectivity index (χ1v) is 8.54. The molecule has 0 saturated heterocycles. The normalized spacial score (nSPS) is 11.0. The molecule has 0 fully saturated rings. The zero-order chi connectivity index (χ0) is 17.1. The molecule has 0 spiro atoms. The van der Waals surface area contributed by atoms with Gasteiger partial charge in [0.15, 0.2) is 5.16 Å². The lowest BCUT2D eigenvalue weighted by atomic mass is 10.2. The highest BCUT2D eigenvalue weighted by Crippen LogP contribution is 2.24. The molecule has 24 heavy (non-hydrogen) atoms. The molecule has 1 N–H and O–H groups in total. The molecule has 2 aromatic heterocycles. The first kappa shape index (κ1) is 16.3. The minimum atomic E-state index is -0.332. The number of allylic oxidation sites excluding steroid dienone is 1. The zero-order valence-electron chi connectivity index (χ0n) is 13.2. The molecule has 0 aliphatic heterocycles. The van der Waals surface area contributed by atoms with E-state index < -0.39 is 0 Å². The molecule has 7 heteroatoms. The molecule has 0 bridgehead atoms. The van der Waals surface area contributed by atoms with Crippen molar-refractivity contribution in [3.63, 3.8) is 0 Å². The van der Waals surface area contributed by atoms with Crippen molar-refractivity contribution in [2.24, 2.45) is 0 Å². The average molecular weight is 343 g/mol. The summed E-state index contributed by atoms with van der Waals surface area (Å²) in [6.45, 7) is 6.09. The maximum Gasteiger partial charge on any atom is 0.316 e. The van der Waals surface area contributed by atoms with E-state index >= 15 is 0 Å². The third-order valence-electron chi connectivity index (χ3n) is 3.51. The van der Waals surface area contributed by atoms with Crippen LogP contribution in [0, 0.1) is 0 Å². The van der Waals surface area contributed by atoms with Crippen LogP contribution < -0.4 is 5.56 Å². The molecule has 2 heterocycles. The molecule has 0 radical (unpaired) electrons. The number of benzene rings is 1. The Balaban J connectivity index is 2.13. The summed E-state index contributed by atoms with van der Waals surface area (Å²) in [6, 6.07) is 7.62. The van der Waals surface area contributed by atoms with Crippen LogP contribution in [0.3, 0.4) is 0 Å². The van der Waals surface area contributed by atoms with E-state index in [4.69, 9.17) is 4.74 Å². The fourth-order valence-corrected chi connectivity index (χ4v) is 3.30. The van der Waals surface area contributed by atoms with E-state index in [1.807, 2.05) is 24.3 Å². The number of hydrogen-bond donors (Lipinski definition) is 1. The summed E-state index contributed by atoms with van der Waals surface area (Å²) >= 11 is 1.19. The molecule has 0 aliphatic rings. The molecular formula is C17H17N3O3S. The van der Waals surface area contributed by atoms with Crippen molar-refractivity contribution in [2.45, 2.75) is 18.6 Å². The Morgan fingerprint density at radius 3 is 3.00 bits per heavy atom. The Labute approximate surface area is 142 Å². The van der Waals surface area contributed by atoms with E-state index in [1.54, 1.807) is 13.0 Å². The van der Waals surface area contributed by atoms with Crippen LogP contribution >= 0.6 is 11.8 Å². The summed E-state index contributed by atoms with van der Waals surface area (Å²) < 4.78 is 6.44. The van der Waals surface area contributed by atoms with Crippen LogP contribution in [0.25, 0.3) is 21.9 Å². The Morgan fingerprint density at radius 2 is 2.25 bits per heavy atom. The smallest absolute Gasteiger partial charge is 0.316 e. The molecular weight excluding hydrogens is 326 g/mol. The number of carbonyl (C=O) groups excluding carboxylic acids is 1. The number of hydrogen-bond acceptors (Lipinski definition) is 5. The van der Waals surface area contributed by atoms with E-state index in [9.17, 15) is 9.59 Å². The Bertz CT molecular complexity index is 974. The van der Waals surface area contributed by atoms with Crippen molar-refractivity contribution < 1.29 is 9.53 Å². The van der Waals surface area contributed by atoms with E-state index in [0.29, 0.717) is 29.3 Å². The van der Waals surface area contributed by atoms with Crippen LogP contribution in [0.1, 0.15) is 6.92 Å². The summed E-state index contributed by atoms with van der Waals surface area (Å²) in [4.78, 5) is 32.1. The Hall–Kier alpha value is -2.54. The molecule has 124 valence electrons. The number of para-hydroxylation sites is 1. The van der Waals surface area contributed by atoms with E-state index in [1.165, 1.54) is 16.3 Å². The van der Waals surface area contributed by atoms with E-state index in [2.05, 4.69) is 16.5 Å². The average Bonchev–Trinajstić information content (AvgIpc) is 2.95. The topological polar surface area (TPSA) is 77.0 Å². The van der Waals surface area contributed by atoms with Crippen molar-refractivity contribution in [3.05, 3.63) is 47.3 Å². The quantitative estimate of drug-likeness (QED) is 0.322. The number of thioether (sulfide) groups is 1. The van der Waals surface area contributed by atoms with Crippen LogP contribution in [0.5, 0.6) is 0 Å². The summed E-state index contributed by atoms with van der Waals surface area (Å²) in [5, 5.41) is 1.36. The molecule has 6 nitrogen and oxygen atoms in total. The van der Waals surface area contributed by atoms with Crippen LogP contribution in [0.4, 0.5) is 0 Å². The first-order valence-electron chi connectivity index (χ1n) is 7.56. The summed E-state index contributed by atoms with van der Waals surface area (Å²) in [6.07, 6.45) is 1.63. The minimum Gasteiger partial charge on any atom is -0.465 e. The molecule has 0 aliphatic carbocycles. The van der Waals surface area contributed by atoms with Gasteiger partial charge in [-0.25, -0.2) is 4.98 Å². The fourth-order valence-electron chi connectivity index (χ4n) is 2.50. The predicted octanol–water partition coefficient (Wildman–Crippen LogP) is 2.72. The fraction of sp³-hybridized carbons (Fsp3) is 0.235. The van der Waals surface area contributed by atoms with Gasteiger partial charge in [-0.3, -0.25) is 14.2 Å². The van der Waals surface area contributed by atoms with Gasteiger partial charge in [0, 0.05) is 17.4 Å². The first-order chi connectivity index (χ1) is 11.7. The molecule has 0 amide bonds. The monoisotopic (exact) mass is 343 g/mol. The van der Waals surface area contributed by atoms with Gasteiger partial charge in [0.05, 0.1) is 12.4 Å². The highest BCUT2D eigenvalue weighted by molar-refractivity contribution is 7.99. The summed E-state index contributed by atoms with van der Waals surface area (Å²) in [5.74, 6) is -0.230. The number of aromatic nitrogens is 3. The van der Waals surface area contributed by atoms with Gasteiger partial charge in [0.2, 0.25) is 0 Å². The van der Waals surface area contributed by atoms with Crippen LogP contribution in [-0.4, -0.2) is 32.9 Å². The number of nitrogens with one attached hydrogen (secondary N) is 1. The number of fused-ring (bicyclic) bond motifs is 3. The van der Waals surface area contributed by atoms with Gasteiger partial charge in [-0.1, -0.05) is 36.0 Å².